The van der Waals surface area contributed by atoms with Crippen LogP contribution in [0.5, 0.6) is 0 Å². The van der Waals surface area contributed by atoms with Crippen LogP contribution >= 0.6 is 11.3 Å². The van der Waals surface area contributed by atoms with Crippen molar-refractivity contribution < 1.29 is 14.4 Å². The highest BCUT2D eigenvalue weighted by Crippen LogP contribution is 2.33. The van der Waals surface area contributed by atoms with Gasteiger partial charge >= 0.3 is 0 Å². The number of nitrogens with one attached hydrogen (secondary N) is 1. The van der Waals surface area contributed by atoms with Crippen molar-refractivity contribution in [3.05, 3.63) is 52.2 Å². The van der Waals surface area contributed by atoms with Crippen molar-refractivity contribution in [1.29, 1.82) is 0 Å². The number of hydrogen-bond donors (Lipinski definition) is 2. The van der Waals surface area contributed by atoms with E-state index in [4.69, 9.17) is 4.52 Å². The first-order chi connectivity index (χ1) is 12.0. The lowest BCUT2D eigenvalue weighted by Gasteiger charge is -2.22. The zero-order valence-electron chi connectivity index (χ0n) is 14.0. The van der Waals surface area contributed by atoms with Gasteiger partial charge in [0.15, 0.2) is 5.69 Å². The molecule has 1 aliphatic carbocycles. The summed E-state index contributed by atoms with van der Waals surface area (Å²) in [6, 6.07) is 9.98. The van der Waals surface area contributed by atoms with Gasteiger partial charge in [-0.05, 0) is 43.7 Å². The Morgan fingerprint density at radius 2 is 2.16 bits per heavy atom. The Morgan fingerprint density at radius 1 is 1.36 bits per heavy atom. The third kappa shape index (κ3) is 3.07. The fourth-order valence-corrected chi connectivity index (χ4v) is 4.34. The van der Waals surface area contributed by atoms with E-state index in [9.17, 15) is 9.90 Å². The fraction of sp³-hybridized carbons (Fsp3) is 0.368. The van der Waals surface area contributed by atoms with Crippen LogP contribution < -0.4 is 5.32 Å². The summed E-state index contributed by atoms with van der Waals surface area (Å²) in [5.74, 6) is 0.543. The van der Waals surface area contributed by atoms with E-state index in [1.807, 2.05) is 30.3 Å². The van der Waals surface area contributed by atoms with E-state index in [2.05, 4.69) is 10.5 Å². The van der Waals surface area contributed by atoms with Crippen LogP contribution in [0.25, 0.3) is 10.1 Å². The van der Waals surface area contributed by atoms with Gasteiger partial charge in [-0.2, -0.15) is 0 Å². The van der Waals surface area contributed by atoms with Gasteiger partial charge in [-0.3, -0.25) is 4.79 Å². The molecular weight excluding hydrogens is 336 g/mol. The topological polar surface area (TPSA) is 75.4 Å². The number of carbonyl (C=O) groups excluding carboxylic acids is 1. The van der Waals surface area contributed by atoms with Crippen LogP contribution in [-0.2, 0) is 18.4 Å². The Kier molecular flexibility index (Phi) is 4.09. The van der Waals surface area contributed by atoms with Gasteiger partial charge in [-0.25, -0.2) is 0 Å². The molecule has 6 heteroatoms. The monoisotopic (exact) mass is 356 g/mol. The van der Waals surface area contributed by atoms with Crippen LogP contribution in [0.2, 0.25) is 0 Å². The molecule has 0 bridgehead atoms. The SMILES string of the molecule is C[C@](O)(CNC(=O)c1noc2c1CCCC2)c1cc2ccccc2s1. The number of thiophene rings is 1. The van der Waals surface area contributed by atoms with E-state index in [1.165, 1.54) is 0 Å². The normalized spacial score (nSPS) is 16.4. The molecule has 0 fully saturated rings. The first-order valence-electron chi connectivity index (χ1n) is 8.52. The molecule has 25 heavy (non-hydrogen) atoms. The quantitative estimate of drug-likeness (QED) is 0.751. The molecule has 1 aliphatic rings. The molecule has 2 aromatic heterocycles. The molecule has 130 valence electrons. The van der Waals surface area contributed by atoms with Crippen LogP contribution in [0.4, 0.5) is 0 Å². The molecule has 1 aromatic carbocycles. The largest absolute Gasteiger partial charge is 0.383 e. The lowest BCUT2D eigenvalue weighted by atomic mass is 9.96. The molecule has 0 radical (unpaired) electrons. The van der Waals surface area contributed by atoms with Crippen LogP contribution in [0.15, 0.2) is 34.9 Å². The molecule has 1 amide bonds. The molecule has 0 unspecified atom stereocenters. The average Bonchev–Trinajstić information content (AvgIpc) is 3.24. The third-order valence-electron chi connectivity index (χ3n) is 4.71. The van der Waals surface area contributed by atoms with Crippen LogP contribution in [0.1, 0.15) is 46.5 Å². The van der Waals surface area contributed by atoms with Gasteiger partial charge in [-0.15, -0.1) is 11.3 Å². The highest BCUT2D eigenvalue weighted by Gasteiger charge is 2.29. The van der Waals surface area contributed by atoms with Crippen molar-refractivity contribution >= 4 is 27.3 Å². The van der Waals surface area contributed by atoms with Crippen molar-refractivity contribution in [2.45, 2.75) is 38.2 Å². The highest BCUT2D eigenvalue weighted by molar-refractivity contribution is 7.19. The van der Waals surface area contributed by atoms with E-state index in [0.717, 1.165) is 52.0 Å². The minimum absolute atomic E-state index is 0.125. The number of rotatable bonds is 4. The molecule has 2 heterocycles. The maximum absolute atomic E-state index is 12.5. The molecule has 2 N–H and O–H groups in total. The zero-order valence-corrected chi connectivity index (χ0v) is 14.9. The molecule has 5 nitrogen and oxygen atoms in total. The van der Waals surface area contributed by atoms with Crippen molar-refractivity contribution in [2.24, 2.45) is 0 Å². The Labute approximate surface area is 149 Å². The van der Waals surface area contributed by atoms with Gasteiger partial charge in [0.05, 0.1) is 6.54 Å². The summed E-state index contributed by atoms with van der Waals surface area (Å²) in [4.78, 5) is 13.3. The van der Waals surface area contributed by atoms with Gasteiger partial charge in [0, 0.05) is 21.6 Å². The molecule has 4 rings (SSSR count). The van der Waals surface area contributed by atoms with Gasteiger partial charge in [0.25, 0.3) is 5.91 Å². The Hall–Kier alpha value is -2.18. The van der Waals surface area contributed by atoms with Crippen molar-refractivity contribution in [2.75, 3.05) is 6.54 Å². The second kappa shape index (κ2) is 6.28. The van der Waals surface area contributed by atoms with Crippen LogP contribution in [0, 0.1) is 0 Å². The summed E-state index contributed by atoms with van der Waals surface area (Å²) >= 11 is 1.54. The minimum atomic E-state index is -1.14. The Bertz CT molecular complexity index is 893. The summed E-state index contributed by atoms with van der Waals surface area (Å²) in [6.45, 7) is 1.84. The minimum Gasteiger partial charge on any atom is -0.383 e. The average molecular weight is 356 g/mol. The van der Waals surface area contributed by atoms with Crippen LogP contribution in [-0.4, -0.2) is 22.7 Å². The standard InChI is InChI=1S/C19H20N2O3S/c1-19(23,16-10-12-6-2-5-9-15(12)25-16)11-20-18(22)17-13-7-3-4-8-14(13)24-21-17/h2,5-6,9-10,23H,3-4,7-8,11H2,1H3,(H,20,22)/t19-/m0/s1. The maximum atomic E-state index is 12.5. The van der Waals surface area contributed by atoms with Crippen LogP contribution in [0.3, 0.4) is 0 Å². The molecule has 1 atom stereocenters. The predicted molar refractivity (Wildman–Crippen MR) is 96.9 cm³/mol. The first kappa shape index (κ1) is 16.3. The molecule has 0 spiro atoms. The molecule has 0 aliphatic heterocycles. The van der Waals surface area contributed by atoms with Crippen molar-refractivity contribution in [3.63, 3.8) is 0 Å². The van der Waals surface area contributed by atoms with Gasteiger partial charge in [0.2, 0.25) is 0 Å². The number of aromatic nitrogens is 1. The Morgan fingerprint density at radius 3 is 3.00 bits per heavy atom. The van der Waals surface area contributed by atoms with E-state index >= 15 is 0 Å². The smallest absolute Gasteiger partial charge is 0.273 e. The number of hydrogen-bond acceptors (Lipinski definition) is 5. The van der Waals surface area contributed by atoms with Crippen molar-refractivity contribution in [1.82, 2.24) is 10.5 Å². The third-order valence-corrected chi connectivity index (χ3v) is 6.08. The van der Waals surface area contributed by atoms with Gasteiger partial charge in [0.1, 0.15) is 11.4 Å². The number of nitrogens with zero attached hydrogens (tertiary/aromatic N) is 1. The second-order valence-electron chi connectivity index (χ2n) is 6.75. The summed E-state index contributed by atoms with van der Waals surface area (Å²) in [5.41, 5.74) is 0.149. The molecular formula is C19H20N2O3S. The summed E-state index contributed by atoms with van der Waals surface area (Å²) < 4.78 is 6.41. The lowest BCUT2D eigenvalue weighted by Crippen LogP contribution is -2.38. The van der Waals surface area contributed by atoms with E-state index in [0.29, 0.717) is 5.69 Å². The Balaban J connectivity index is 1.49. The summed E-state index contributed by atoms with van der Waals surface area (Å²) in [5, 5.41) is 18.7. The fourth-order valence-electron chi connectivity index (χ4n) is 3.23. The number of aliphatic hydroxyl groups is 1. The maximum Gasteiger partial charge on any atom is 0.273 e. The summed E-state index contributed by atoms with van der Waals surface area (Å²) in [6.07, 6.45) is 3.79. The summed E-state index contributed by atoms with van der Waals surface area (Å²) in [7, 11) is 0. The number of amides is 1. The number of carbonyl (C=O) groups is 1. The molecule has 0 saturated heterocycles. The number of fused-ring (bicyclic) bond motifs is 2. The molecule has 0 saturated carbocycles. The first-order valence-corrected chi connectivity index (χ1v) is 9.33. The number of benzene rings is 1. The van der Waals surface area contributed by atoms with Gasteiger partial charge < -0.3 is 14.9 Å². The lowest BCUT2D eigenvalue weighted by molar-refractivity contribution is 0.0554. The van der Waals surface area contributed by atoms with E-state index in [1.54, 1.807) is 18.3 Å². The predicted octanol–water partition coefficient (Wildman–Crippen LogP) is 3.41. The van der Waals surface area contributed by atoms with Gasteiger partial charge in [-0.1, -0.05) is 23.4 Å². The second-order valence-corrected chi connectivity index (χ2v) is 7.83. The molecule has 3 aromatic rings. The van der Waals surface area contributed by atoms with E-state index in [-0.39, 0.29) is 12.5 Å². The number of aryl methyl sites for hydroxylation is 1. The van der Waals surface area contributed by atoms with E-state index < -0.39 is 5.60 Å². The van der Waals surface area contributed by atoms with Crippen molar-refractivity contribution in [3.8, 4) is 0 Å². The highest BCUT2D eigenvalue weighted by atomic mass is 32.1. The zero-order chi connectivity index (χ0) is 17.4.